The zero-order chi connectivity index (χ0) is 22.9. The van der Waals surface area contributed by atoms with Crippen molar-refractivity contribution in [2.75, 3.05) is 0 Å². The fourth-order valence-electron chi connectivity index (χ4n) is 3.86. The van der Waals surface area contributed by atoms with Gasteiger partial charge in [0.15, 0.2) is 0 Å². The van der Waals surface area contributed by atoms with Crippen LogP contribution in [0, 0.1) is 0 Å². The van der Waals surface area contributed by atoms with E-state index in [-0.39, 0.29) is 11.3 Å². The van der Waals surface area contributed by atoms with Gasteiger partial charge in [-0.05, 0) is 77.9 Å². The first-order valence-electron chi connectivity index (χ1n) is 10.2. The van der Waals surface area contributed by atoms with Gasteiger partial charge >= 0.3 is 11.9 Å². The molecule has 0 saturated heterocycles. The highest BCUT2D eigenvalue weighted by Crippen LogP contribution is 2.34. The number of rotatable bonds is 5. The zero-order valence-electron chi connectivity index (χ0n) is 17.7. The number of aryl methyl sites for hydroxylation is 3. The summed E-state index contributed by atoms with van der Waals surface area (Å²) in [6, 6.07) is 9.59. The van der Waals surface area contributed by atoms with Crippen LogP contribution in [0.3, 0.4) is 0 Å². The average Bonchev–Trinajstić information content (AvgIpc) is 3.10. The third-order valence-corrected chi connectivity index (χ3v) is 5.58. The van der Waals surface area contributed by atoms with Crippen LogP contribution in [0.1, 0.15) is 47.6 Å². The van der Waals surface area contributed by atoms with E-state index in [4.69, 9.17) is 4.84 Å². The molecule has 1 aromatic heterocycles. The molecule has 0 amide bonds. The third-order valence-electron chi connectivity index (χ3n) is 5.58. The standard InChI is InChI=1S/C22H22F3N5O2/c1-14(16-11-10-15-6-3-4-7-17(15)12-16)26-32-13-18-19(22(23,24)25)8-5-9-20(18)30-21(31)29(2)27-28-30/h5,8-12H,3-4,6-7,13H2,1-2H3/b26-14+. The largest absolute Gasteiger partial charge is 0.416 e. The molecule has 168 valence electrons. The summed E-state index contributed by atoms with van der Waals surface area (Å²) in [6.07, 6.45) is -0.258. The Balaban J connectivity index is 1.64. The predicted octanol–water partition coefficient (Wildman–Crippen LogP) is 3.80. The molecule has 3 aromatic rings. The minimum atomic E-state index is -4.64. The Morgan fingerprint density at radius 2 is 1.88 bits per heavy atom. The van der Waals surface area contributed by atoms with Crippen molar-refractivity contribution in [3.63, 3.8) is 0 Å². The van der Waals surface area contributed by atoms with E-state index in [0.717, 1.165) is 40.3 Å². The third kappa shape index (κ3) is 4.30. The van der Waals surface area contributed by atoms with Crippen molar-refractivity contribution in [1.29, 1.82) is 0 Å². The molecule has 0 saturated carbocycles. The molecule has 0 bridgehead atoms. The van der Waals surface area contributed by atoms with Gasteiger partial charge in [-0.15, -0.1) is 0 Å². The number of alkyl halides is 3. The molecule has 7 nitrogen and oxygen atoms in total. The molecule has 1 heterocycles. The molecule has 4 rings (SSSR count). The van der Waals surface area contributed by atoms with Crippen molar-refractivity contribution in [2.45, 2.75) is 45.4 Å². The van der Waals surface area contributed by atoms with E-state index in [1.165, 1.54) is 36.7 Å². The smallest absolute Gasteiger partial charge is 0.391 e. The maximum absolute atomic E-state index is 13.6. The van der Waals surface area contributed by atoms with Crippen LogP contribution in [-0.4, -0.2) is 25.5 Å². The summed E-state index contributed by atoms with van der Waals surface area (Å²) in [4.78, 5) is 17.6. The molecule has 2 aromatic carbocycles. The lowest BCUT2D eigenvalue weighted by Crippen LogP contribution is -2.24. The zero-order valence-corrected chi connectivity index (χ0v) is 17.7. The molecule has 32 heavy (non-hydrogen) atoms. The molecule has 10 heteroatoms. The molecule has 0 radical (unpaired) electrons. The highest BCUT2D eigenvalue weighted by atomic mass is 19.4. The number of hydrogen-bond acceptors (Lipinski definition) is 5. The Labute approximate surface area is 182 Å². The van der Waals surface area contributed by atoms with E-state index in [1.54, 1.807) is 6.92 Å². The van der Waals surface area contributed by atoms with Gasteiger partial charge in [0.25, 0.3) is 0 Å². The Hall–Kier alpha value is -3.43. The van der Waals surface area contributed by atoms with Gasteiger partial charge in [0.2, 0.25) is 0 Å². The lowest BCUT2D eigenvalue weighted by Gasteiger charge is -2.17. The SMILES string of the molecule is C/C(=N\OCc1c(-n2nnn(C)c2=O)cccc1C(F)(F)F)c1ccc2c(c1)CCCC2. The predicted molar refractivity (Wildman–Crippen MR) is 112 cm³/mol. The first-order chi connectivity index (χ1) is 15.3. The van der Waals surface area contributed by atoms with E-state index in [0.29, 0.717) is 5.71 Å². The quantitative estimate of drug-likeness (QED) is 0.442. The minimum Gasteiger partial charge on any atom is -0.391 e. The second kappa shape index (κ2) is 8.60. The van der Waals surface area contributed by atoms with Crippen LogP contribution in [0.4, 0.5) is 13.2 Å². The van der Waals surface area contributed by atoms with Crippen molar-refractivity contribution in [2.24, 2.45) is 12.2 Å². The molecule has 0 fully saturated rings. The molecule has 0 spiro atoms. The Morgan fingerprint density at radius 1 is 1.12 bits per heavy atom. The fraction of sp³-hybridized carbons (Fsp3) is 0.364. The molecule has 1 aliphatic carbocycles. The lowest BCUT2D eigenvalue weighted by atomic mass is 9.90. The second-order valence-corrected chi connectivity index (χ2v) is 7.74. The summed E-state index contributed by atoms with van der Waals surface area (Å²) < 4.78 is 42.7. The van der Waals surface area contributed by atoms with Gasteiger partial charge in [0, 0.05) is 12.6 Å². The van der Waals surface area contributed by atoms with Gasteiger partial charge < -0.3 is 4.84 Å². The van der Waals surface area contributed by atoms with Gasteiger partial charge in [-0.25, -0.2) is 4.79 Å². The maximum atomic E-state index is 13.6. The number of nitrogens with zero attached hydrogens (tertiary/aromatic N) is 5. The molecule has 1 aliphatic rings. The van der Waals surface area contributed by atoms with E-state index in [2.05, 4.69) is 27.7 Å². The average molecular weight is 445 g/mol. The number of aromatic nitrogens is 4. The number of halogens is 3. The Bertz CT molecular complexity index is 1230. The summed E-state index contributed by atoms with van der Waals surface area (Å²) in [7, 11) is 1.36. The van der Waals surface area contributed by atoms with E-state index < -0.39 is 24.0 Å². The number of tetrazole rings is 1. The minimum absolute atomic E-state index is 0.0560. The Kier molecular flexibility index (Phi) is 5.86. The molecule has 0 unspecified atom stereocenters. The van der Waals surface area contributed by atoms with E-state index in [9.17, 15) is 18.0 Å². The summed E-state index contributed by atoms with van der Waals surface area (Å²) in [6.45, 7) is 1.25. The van der Waals surface area contributed by atoms with Crippen LogP contribution in [0.5, 0.6) is 0 Å². The van der Waals surface area contributed by atoms with E-state index in [1.807, 2.05) is 6.07 Å². The summed E-state index contributed by atoms with van der Waals surface area (Å²) in [5, 5.41) is 11.3. The summed E-state index contributed by atoms with van der Waals surface area (Å²) in [5.41, 5.74) is 2.13. The van der Waals surface area contributed by atoms with Crippen LogP contribution in [0.2, 0.25) is 0 Å². The van der Waals surface area contributed by atoms with Gasteiger partial charge in [-0.2, -0.15) is 22.5 Å². The molecule has 0 aliphatic heterocycles. The van der Waals surface area contributed by atoms with Crippen LogP contribution >= 0.6 is 0 Å². The summed E-state index contributed by atoms with van der Waals surface area (Å²) in [5.74, 6) is 0. The van der Waals surface area contributed by atoms with E-state index >= 15 is 0 Å². The van der Waals surface area contributed by atoms with Crippen molar-refractivity contribution in [3.8, 4) is 5.69 Å². The van der Waals surface area contributed by atoms with Crippen LogP contribution < -0.4 is 5.69 Å². The van der Waals surface area contributed by atoms with Crippen molar-refractivity contribution in [1.82, 2.24) is 19.8 Å². The molecule has 0 atom stereocenters. The maximum Gasteiger partial charge on any atom is 0.416 e. The topological polar surface area (TPSA) is 74.3 Å². The highest BCUT2D eigenvalue weighted by Gasteiger charge is 2.35. The first-order valence-corrected chi connectivity index (χ1v) is 10.2. The van der Waals surface area contributed by atoms with Gasteiger partial charge in [-0.1, -0.05) is 23.4 Å². The van der Waals surface area contributed by atoms with Crippen molar-refractivity contribution < 1.29 is 18.0 Å². The number of oxime groups is 1. The Morgan fingerprint density at radius 3 is 2.56 bits per heavy atom. The van der Waals surface area contributed by atoms with Gasteiger partial charge in [0.1, 0.15) is 6.61 Å². The monoisotopic (exact) mass is 445 g/mol. The van der Waals surface area contributed by atoms with Gasteiger partial charge in [-0.3, -0.25) is 0 Å². The van der Waals surface area contributed by atoms with Gasteiger partial charge in [0.05, 0.1) is 17.0 Å². The number of fused-ring (bicyclic) bond motifs is 1. The van der Waals surface area contributed by atoms with Crippen LogP contribution in [0.15, 0.2) is 46.3 Å². The number of benzene rings is 2. The summed E-state index contributed by atoms with van der Waals surface area (Å²) >= 11 is 0. The molecule has 0 N–H and O–H groups in total. The highest BCUT2D eigenvalue weighted by molar-refractivity contribution is 5.98. The molecular weight excluding hydrogens is 423 g/mol. The van der Waals surface area contributed by atoms with Crippen molar-refractivity contribution >= 4 is 5.71 Å². The molecular formula is C22H22F3N5O2. The lowest BCUT2D eigenvalue weighted by molar-refractivity contribution is -0.138. The van der Waals surface area contributed by atoms with Crippen LogP contribution in [0.25, 0.3) is 5.69 Å². The normalized spacial score (nSPS) is 14.3. The second-order valence-electron chi connectivity index (χ2n) is 7.74. The number of hydrogen-bond donors (Lipinski definition) is 0. The van der Waals surface area contributed by atoms with Crippen molar-refractivity contribution in [3.05, 3.63) is 74.7 Å². The fourth-order valence-corrected chi connectivity index (χ4v) is 3.86. The van der Waals surface area contributed by atoms with Crippen LogP contribution in [-0.2, 0) is 37.5 Å². The first kappa shape index (κ1) is 21.8.